The zero-order valence-corrected chi connectivity index (χ0v) is 14.5. The van der Waals surface area contributed by atoms with Crippen molar-refractivity contribution in [2.24, 2.45) is 5.92 Å². The number of unbranched alkanes of at least 4 members (excludes halogenated alkanes) is 2. The first-order valence-electron chi connectivity index (χ1n) is 8.54. The molecule has 1 rings (SSSR count). The Labute approximate surface area is 130 Å². The van der Waals surface area contributed by atoms with Crippen LogP contribution in [-0.4, -0.2) is 30.3 Å². The van der Waals surface area contributed by atoms with E-state index in [0.717, 1.165) is 0 Å². The minimum absolute atomic E-state index is 0.311. The van der Waals surface area contributed by atoms with E-state index in [0.29, 0.717) is 24.5 Å². The first-order chi connectivity index (χ1) is 9.81. The Morgan fingerprint density at radius 3 is 2.48 bits per heavy atom. The first kappa shape index (κ1) is 18.3. The average molecular weight is 298 g/mol. The van der Waals surface area contributed by atoms with Crippen molar-refractivity contribution in [2.45, 2.75) is 90.8 Å². The molecule has 0 heterocycles. The van der Waals surface area contributed by atoms with Crippen LogP contribution >= 0.6 is 0 Å². The molecule has 1 saturated carbocycles. The van der Waals surface area contributed by atoms with Crippen LogP contribution in [0.5, 0.6) is 0 Å². The van der Waals surface area contributed by atoms with Gasteiger partial charge in [-0.05, 0) is 52.9 Å². The third kappa shape index (κ3) is 8.97. The summed E-state index contributed by atoms with van der Waals surface area (Å²) in [5, 5.41) is 6.60. The summed E-state index contributed by atoms with van der Waals surface area (Å²) in [4.78, 5) is 11.7. The monoisotopic (exact) mass is 298 g/mol. The number of hydrogen-bond donors (Lipinski definition) is 2. The van der Waals surface area contributed by atoms with E-state index in [1.54, 1.807) is 0 Å². The number of alkyl carbamates (subject to hydrolysis) is 1. The second kappa shape index (κ2) is 8.62. The minimum Gasteiger partial charge on any atom is -0.444 e. The third-order valence-electron chi connectivity index (χ3n) is 3.80. The van der Waals surface area contributed by atoms with E-state index in [-0.39, 0.29) is 6.09 Å². The summed E-state index contributed by atoms with van der Waals surface area (Å²) in [6, 6.07) is 0.900. The van der Waals surface area contributed by atoms with E-state index < -0.39 is 5.60 Å². The Hall–Kier alpha value is -0.770. The van der Waals surface area contributed by atoms with Crippen LogP contribution in [0, 0.1) is 5.92 Å². The Morgan fingerprint density at radius 2 is 1.95 bits per heavy atom. The van der Waals surface area contributed by atoms with Gasteiger partial charge in [0.25, 0.3) is 0 Å². The van der Waals surface area contributed by atoms with Crippen molar-refractivity contribution in [3.63, 3.8) is 0 Å². The summed E-state index contributed by atoms with van der Waals surface area (Å²) in [7, 11) is 0. The molecule has 0 aromatic carbocycles. The maximum Gasteiger partial charge on any atom is 0.407 e. The smallest absolute Gasteiger partial charge is 0.407 e. The number of carbonyl (C=O) groups excluding carboxylic acids is 1. The fraction of sp³-hybridized carbons (Fsp3) is 0.941. The minimum atomic E-state index is -0.431. The lowest BCUT2D eigenvalue weighted by Crippen LogP contribution is -2.46. The first-order valence-corrected chi connectivity index (χ1v) is 8.54. The number of rotatable bonds is 9. The molecule has 2 N–H and O–H groups in total. The van der Waals surface area contributed by atoms with Crippen LogP contribution in [0.25, 0.3) is 0 Å². The Balaban J connectivity index is 2.28. The lowest BCUT2D eigenvalue weighted by molar-refractivity contribution is 0.0520. The van der Waals surface area contributed by atoms with Crippen LogP contribution in [0.1, 0.15) is 73.1 Å². The normalized spacial score (nSPS) is 18.1. The molecule has 0 saturated heterocycles. The van der Waals surface area contributed by atoms with E-state index in [9.17, 15) is 4.79 Å². The van der Waals surface area contributed by atoms with Gasteiger partial charge in [-0.2, -0.15) is 0 Å². The molecule has 1 fully saturated rings. The molecule has 2 unspecified atom stereocenters. The molecule has 1 amide bonds. The molecule has 124 valence electrons. The van der Waals surface area contributed by atoms with E-state index in [1.807, 2.05) is 20.8 Å². The summed E-state index contributed by atoms with van der Waals surface area (Å²) >= 11 is 0. The molecule has 21 heavy (non-hydrogen) atoms. The fourth-order valence-corrected chi connectivity index (χ4v) is 2.52. The van der Waals surface area contributed by atoms with Crippen molar-refractivity contribution in [3.05, 3.63) is 0 Å². The fourth-order valence-electron chi connectivity index (χ4n) is 2.52. The highest BCUT2D eigenvalue weighted by Gasteiger charge is 2.32. The molecular weight excluding hydrogens is 264 g/mol. The summed E-state index contributed by atoms with van der Waals surface area (Å²) in [5.41, 5.74) is -0.431. The number of carbonyl (C=O) groups is 1. The average Bonchev–Trinajstić information content (AvgIpc) is 3.16. The predicted molar refractivity (Wildman–Crippen MR) is 87.5 cm³/mol. The maximum absolute atomic E-state index is 11.7. The number of amides is 1. The van der Waals surface area contributed by atoms with Crippen LogP contribution in [-0.2, 0) is 4.74 Å². The molecule has 0 aliphatic heterocycles. The Morgan fingerprint density at radius 1 is 1.29 bits per heavy atom. The van der Waals surface area contributed by atoms with E-state index in [1.165, 1.54) is 38.5 Å². The van der Waals surface area contributed by atoms with Crippen molar-refractivity contribution in [1.29, 1.82) is 0 Å². The number of hydrogen-bond acceptors (Lipinski definition) is 3. The van der Waals surface area contributed by atoms with E-state index >= 15 is 0 Å². The zero-order chi connectivity index (χ0) is 15.9. The molecule has 4 nitrogen and oxygen atoms in total. The van der Waals surface area contributed by atoms with Gasteiger partial charge >= 0.3 is 6.09 Å². The highest BCUT2D eigenvalue weighted by molar-refractivity contribution is 5.67. The summed E-state index contributed by atoms with van der Waals surface area (Å²) in [5.74, 6) is 0.716. The van der Waals surface area contributed by atoms with Crippen molar-refractivity contribution in [3.8, 4) is 0 Å². The van der Waals surface area contributed by atoms with Crippen LogP contribution in [0.15, 0.2) is 0 Å². The SMILES string of the molecule is CCCCCC(C)NC(CNC(=O)OC(C)(C)C)C1CC1. The summed E-state index contributed by atoms with van der Waals surface area (Å²) in [6.07, 6.45) is 7.29. The largest absolute Gasteiger partial charge is 0.444 e. The molecule has 2 atom stereocenters. The molecular formula is C17H34N2O2. The molecule has 1 aliphatic carbocycles. The van der Waals surface area contributed by atoms with Gasteiger partial charge in [0, 0.05) is 18.6 Å². The van der Waals surface area contributed by atoms with Crippen LogP contribution in [0.2, 0.25) is 0 Å². The number of nitrogens with one attached hydrogen (secondary N) is 2. The molecule has 1 aliphatic rings. The topological polar surface area (TPSA) is 50.4 Å². The van der Waals surface area contributed by atoms with E-state index in [2.05, 4.69) is 24.5 Å². The standard InChI is InChI=1S/C17H34N2O2/c1-6-7-8-9-13(2)19-15(14-10-11-14)12-18-16(20)21-17(3,4)5/h13-15,19H,6-12H2,1-5H3,(H,18,20). The van der Waals surface area contributed by atoms with Gasteiger partial charge in [0.15, 0.2) is 0 Å². The second-order valence-corrected chi connectivity index (χ2v) is 7.39. The van der Waals surface area contributed by atoms with Gasteiger partial charge < -0.3 is 15.4 Å². The van der Waals surface area contributed by atoms with Crippen LogP contribution in [0.3, 0.4) is 0 Å². The van der Waals surface area contributed by atoms with E-state index in [4.69, 9.17) is 4.74 Å². The van der Waals surface area contributed by atoms with Gasteiger partial charge in [0.1, 0.15) is 5.60 Å². The lowest BCUT2D eigenvalue weighted by atomic mass is 10.1. The van der Waals surface area contributed by atoms with Crippen molar-refractivity contribution >= 4 is 6.09 Å². The van der Waals surface area contributed by atoms with Gasteiger partial charge in [0.2, 0.25) is 0 Å². The van der Waals surface area contributed by atoms with Gasteiger partial charge in [-0.25, -0.2) is 4.79 Å². The Kier molecular flexibility index (Phi) is 7.50. The van der Waals surface area contributed by atoms with Crippen LogP contribution in [0.4, 0.5) is 4.79 Å². The highest BCUT2D eigenvalue weighted by Crippen LogP contribution is 2.32. The zero-order valence-electron chi connectivity index (χ0n) is 14.5. The highest BCUT2D eigenvalue weighted by atomic mass is 16.6. The molecule has 0 spiro atoms. The molecule has 0 bridgehead atoms. The quantitative estimate of drug-likeness (QED) is 0.636. The van der Waals surface area contributed by atoms with Crippen molar-refractivity contribution in [2.75, 3.05) is 6.54 Å². The second-order valence-electron chi connectivity index (χ2n) is 7.39. The van der Waals surface area contributed by atoms with Gasteiger partial charge in [0.05, 0.1) is 0 Å². The molecule has 0 aromatic rings. The van der Waals surface area contributed by atoms with Gasteiger partial charge in [-0.3, -0.25) is 0 Å². The van der Waals surface area contributed by atoms with Crippen molar-refractivity contribution < 1.29 is 9.53 Å². The molecule has 0 aromatic heterocycles. The third-order valence-corrected chi connectivity index (χ3v) is 3.80. The van der Waals surface area contributed by atoms with Crippen molar-refractivity contribution in [1.82, 2.24) is 10.6 Å². The number of ether oxygens (including phenoxy) is 1. The van der Waals surface area contributed by atoms with Crippen LogP contribution < -0.4 is 10.6 Å². The lowest BCUT2D eigenvalue weighted by Gasteiger charge is -2.25. The van der Waals surface area contributed by atoms with Gasteiger partial charge in [-0.15, -0.1) is 0 Å². The maximum atomic E-state index is 11.7. The summed E-state index contributed by atoms with van der Waals surface area (Å²) < 4.78 is 5.29. The predicted octanol–water partition coefficient (Wildman–Crippen LogP) is 3.85. The summed E-state index contributed by atoms with van der Waals surface area (Å²) in [6.45, 7) is 10.8. The molecule has 4 heteroatoms. The Bertz CT molecular complexity index is 308. The molecule has 0 radical (unpaired) electrons. The van der Waals surface area contributed by atoms with Gasteiger partial charge in [-0.1, -0.05) is 26.2 Å².